The minimum atomic E-state index is 0.0808. The predicted octanol–water partition coefficient (Wildman–Crippen LogP) is 4.27. The Morgan fingerprint density at radius 2 is 2.17 bits per heavy atom. The van der Waals surface area contributed by atoms with Gasteiger partial charge < -0.3 is 9.84 Å². The molecule has 1 N–H and O–H groups in total. The van der Waals surface area contributed by atoms with E-state index in [1.807, 2.05) is 24.3 Å². The zero-order valence-corrected chi connectivity index (χ0v) is 12.8. The highest BCUT2D eigenvalue weighted by molar-refractivity contribution is 9.10. The fraction of sp³-hybridized carbons (Fsp3) is 0.467. The monoisotopic (exact) mass is 312 g/mol. The summed E-state index contributed by atoms with van der Waals surface area (Å²) in [5.41, 5.74) is 2.02. The lowest BCUT2D eigenvalue weighted by atomic mass is 10.0. The van der Waals surface area contributed by atoms with E-state index in [9.17, 15) is 5.11 Å². The van der Waals surface area contributed by atoms with Crippen LogP contribution in [0, 0.1) is 5.92 Å². The van der Waals surface area contributed by atoms with E-state index in [0.717, 1.165) is 27.8 Å². The van der Waals surface area contributed by atoms with Crippen molar-refractivity contribution in [3.8, 4) is 5.75 Å². The van der Waals surface area contributed by atoms with E-state index in [2.05, 4.69) is 36.7 Å². The van der Waals surface area contributed by atoms with Crippen LogP contribution in [0.15, 0.2) is 28.2 Å². The maximum atomic E-state index is 9.37. The minimum Gasteiger partial charge on any atom is -0.493 e. The van der Waals surface area contributed by atoms with Crippen LogP contribution in [-0.4, -0.2) is 18.3 Å². The summed E-state index contributed by atoms with van der Waals surface area (Å²) in [5.74, 6) is 1.19. The summed E-state index contributed by atoms with van der Waals surface area (Å²) in [6.07, 6.45) is 3.00. The Labute approximate surface area is 118 Å². The molecule has 1 aromatic carbocycles. The van der Waals surface area contributed by atoms with Gasteiger partial charge in [-0.15, -0.1) is 0 Å². The van der Waals surface area contributed by atoms with Crippen molar-refractivity contribution in [3.05, 3.63) is 33.8 Å². The molecule has 2 nitrogen and oxygen atoms in total. The molecule has 0 aliphatic carbocycles. The van der Waals surface area contributed by atoms with E-state index in [-0.39, 0.29) is 6.61 Å². The molecule has 0 unspecified atom stereocenters. The van der Waals surface area contributed by atoms with Gasteiger partial charge in [0, 0.05) is 10.0 Å². The molecule has 0 saturated carbocycles. The summed E-state index contributed by atoms with van der Waals surface area (Å²) >= 11 is 3.47. The van der Waals surface area contributed by atoms with E-state index < -0.39 is 0 Å². The highest BCUT2D eigenvalue weighted by Gasteiger charge is 2.06. The summed E-state index contributed by atoms with van der Waals surface area (Å²) in [5, 5.41) is 9.37. The number of aliphatic hydroxyl groups is 1. The molecule has 0 aliphatic rings. The molecule has 0 spiro atoms. The fourth-order valence-corrected chi connectivity index (χ4v) is 1.95. The van der Waals surface area contributed by atoms with Gasteiger partial charge in [-0.25, -0.2) is 0 Å². The first-order valence-corrected chi connectivity index (χ1v) is 7.11. The quantitative estimate of drug-likeness (QED) is 0.850. The normalized spacial score (nSPS) is 12.0. The number of hydrogen-bond acceptors (Lipinski definition) is 2. The summed E-state index contributed by atoms with van der Waals surface area (Å²) < 4.78 is 6.73. The fourth-order valence-electron chi connectivity index (χ4n) is 1.57. The highest BCUT2D eigenvalue weighted by Crippen LogP contribution is 2.27. The number of aliphatic hydroxyl groups excluding tert-OH is 1. The molecule has 0 atom stereocenters. The molecule has 0 heterocycles. The molecular weight excluding hydrogens is 292 g/mol. The summed E-state index contributed by atoms with van der Waals surface area (Å²) in [7, 11) is 0. The van der Waals surface area contributed by atoms with Crippen LogP contribution in [-0.2, 0) is 0 Å². The van der Waals surface area contributed by atoms with Gasteiger partial charge >= 0.3 is 0 Å². The molecule has 100 valence electrons. The van der Waals surface area contributed by atoms with Gasteiger partial charge in [-0.3, -0.25) is 0 Å². The van der Waals surface area contributed by atoms with Crippen molar-refractivity contribution in [2.24, 2.45) is 5.92 Å². The lowest BCUT2D eigenvalue weighted by Crippen LogP contribution is -2.01. The zero-order valence-electron chi connectivity index (χ0n) is 11.2. The van der Waals surface area contributed by atoms with Gasteiger partial charge in [0.25, 0.3) is 0 Å². The van der Waals surface area contributed by atoms with Gasteiger partial charge in [0.1, 0.15) is 5.75 Å². The van der Waals surface area contributed by atoms with Gasteiger partial charge in [0.15, 0.2) is 0 Å². The van der Waals surface area contributed by atoms with Gasteiger partial charge in [-0.05, 0) is 42.2 Å². The molecule has 1 rings (SSSR count). The third-order valence-electron chi connectivity index (χ3n) is 2.70. The van der Waals surface area contributed by atoms with Crippen LogP contribution in [0.25, 0.3) is 6.08 Å². The standard InChI is InChI=1S/C15H21BrO2/c1-4-7-18-15-6-5-14(16)9-12(15)8-13(10-17)11(2)3/h5-6,8-9,11,17H,4,7,10H2,1-3H3. The second-order valence-electron chi connectivity index (χ2n) is 4.56. The summed E-state index contributed by atoms with van der Waals surface area (Å²) in [6.45, 7) is 7.02. The number of hydrogen-bond donors (Lipinski definition) is 1. The number of rotatable bonds is 6. The Balaban J connectivity index is 3.07. The van der Waals surface area contributed by atoms with E-state index in [1.54, 1.807) is 0 Å². The second kappa shape index (κ2) is 7.59. The topological polar surface area (TPSA) is 29.5 Å². The van der Waals surface area contributed by atoms with E-state index in [1.165, 1.54) is 0 Å². The smallest absolute Gasteiger partial charge is 0.126 e. The molecule has 0 amide bonds. The van der Waals surface area contributed by atoms with Gasteiger partial charge in [-0.2, -0.15) is 0 Å². The first-order chi connectivity index (χ1) is 8.58. The molecule has 0 bridgehead atoms. The molecule has 0 radical (unpaired) electrons. The van der Waals surface area contributed by atoms with Crippen molar-refractivity contribution in [3.63, 3.8) is 0 Å². The first-order valence-electron chi connectivity index (χ1n) is 6.32. The maximum Gasteiger partial charge on any atom is 0.126 e. The first kappa shape index (κ1) is 15.3. The van der Waals surface area contributed by atoms with Crippen molar-refractivity contribution in [2.45, 2.75) is 27.2 Å². The molecule has 0 aliphatic heterocycles. The lowest BCUT2D eigenvalue weighted by molar-refractivity contribution is 0.315. The Hall–Kier alpha value is -0.800. The molecular formula is C15H21BrO2. The molecule has 0 fully saturated rings. The van der Waals surface area contributed by atoms with Crippen LogP contribution in [0.1, 0.15) is 32.8 Å². The summed E-state index contributed by atoms with van der Waals surface area (Å²) in [4.78, 5) is 0. The van der Waals surface area contributed by atoms with Gasteiger partial charge in [-0.1, -0.05) is 36.7 Å². The lowest BCUT2D eigenvalue weighted by Gasteiger charge is -2.12. The second-order valence-corrected chi connectivity index (χ2v) is 5.48. The van der Waals surface area contributed by atoms with Gasteiger partial charge in [0.05, 0.1) is 13.2 Å². The number of halogens is 1. The Morgan fingerprint density at radius 1 is 1.44 bits per heavy atom. The van der Waals surface area contributed by atoms with Crippen molar-refractivity contribution >= 4 is 22.0 Å². The van der Waals surface area contributed by atoms with Crippen molar-refractivity contribution in [2.75, 3.05) is 13.2 Å². The van der Waals surface area contributed by atoms with Crippen molar-refractivity contribution < 1.29 is 9.84 Å². The molecule has 0 saturated heterocycles. The third kappa shape index (κ3) is 4.46. The molecule has 0 aromatic heterocycles. The van der Waals surface area contributed by atoms with Crippen LogP contribution in [0.3, 0.4) is 0 Å². The predicted molar refractivity (Wildman–Crippen MR) is 79.8 cm³/mol. The van der Waals surface area contributed by atoms with Crippen LogP contribution in [0.2, 0.25) is 0 Å². The number of ether oxygens (including phenoxy) is 1. The Kier molecular flexibility index (Phi) is 6.44. The molecule has 1 aromatic rings. The average Bonchev–Trinajstić information content (AvgIpc) is 2.34. The SMILES string of the molecule is CCCOc1ccc(Br)cc1C=C(CO)C(C)C. The van der Waals surface area contributed by atoms with Crippen LogP contribution >= 0.6 is 15.9 Å². The van der Waals surface area contributed by atoms with Crippen molar-refractivity contribution in [1.29, 1.82) is 0 Å². The van der Waals surface area contributed by atoms with E-state index in [4.69, 9.17) is 4.74 Å². The molecule has 18 heavy (non-hydrogen) atoms. The number of benzene rings is 1. The van der Waals surface area contributed by atoms with Crippen LogP contribution in [0.5, 0.6) is 5.75 Å². The van der Waals surface area contributed by atoms with E-state index >= 15 is 0 Å². The average molecular weight is 313 g/mol. The maximum absolute atomic E-state index is 9.37. The van der Waals surface area contributed by atoms with Crippen LogP contribution in [0.4, 0.5) is 0 Å². The Morgan fingerprint density at radius 3 is 2.72 bits per heavy atom. The van der Waals surface area contributed by atoms with Gasteiger partial charge in [0.2, 0.25) is 0 Å². The highest BCUT2D eigenvalue weighted by atomic mass is 79.9. The Bertz CT molecular complexity index is 411. The van der Waals surface area contributed by atoms with E-state index in [0.29, 0.717) is 12.5 Å². The zero-order chi connectivity index (χ0) is 13.5. The minimum absolute atomic E-state index is 0.0808. The summed E-state index contributed by atoms with van der Waals surface area (Å²) in [6, 6.07) is 5.94. The largest absolute Gasteiger partial charge is 0.493 e. The molecule has 3 heteroatoms. The van der Waals surface area contributed by atoms with Crippen LogP contribution < -0.4 is 4.74 Å². The van der Waals surface area contributed by atoms with Crippen molar-refractivity contribution in [1.82, 2.24) is 0 Å². The third-order valence-corrected chi connectivity index (χ3v) is 3.19.